The van der Waals surface area contributed by atoms with E-state index in [0.717, 1.165) is 16.9 Å². The Hall–Kier alpha value is -3.58. The zero-order valence-corrected chi connectivity index (χ0v) is 17.2. The number of rotatable bonds is 7. The molecule has 1 N–H and O–H groups in total. The van der Waals surface area contributed by atoms with E-state index < -0.39 is 0 Å². The molecule has 0 saturated carbocycles. The van der Waals surface area contributed by atoms with Crippen LogP contribution in [0.2, 0.25) is 0 Å². The monoisotopic (exact) mass is 416 g/mol. The molecule has 1 aromatic heterocycles. The van der Waals surface area contributed by atoms with Crippen molar-refractivity contribution in [1.29, 1.82) is 0 Å². The van der Waals surface area contributed by atoms with E-state index in [1.54, 1.807) is 7.11 Å². The summed E-state index contributed by atoms with van der Waals surface area (Å²) < 4.78 is 7.48. The smallest absolute Gasteiger partial charge is 0.234 e. The number of ether oxygens (including phenoxy) is 1. The van der Waals surface area contributed by atoms with Gasteiger partial charge in [-0.25, -0.2) is 0 Å². The Balaban J connectivity index is 1.65. The number of nitrogens with zero attached hydrogens (tertiary/aromatic N) is 3. The van der Waals surface area contributed by atoms with Crippen molar-refractivity contribution in [1.82, 2.24) is 14.8 Å². The fraction of sp³-hybridized carbons (Fsp3) is 0.0870. The number of para-hydroxylation sites is 3. The molecular weight excluding hydrogens is 396 g/mol. The third-order valence-electron chi connectivity index (χ3n) is 4.38. The molecule has 7 heteroatoms. The minimum Gasteiger partial charge on any atom is -0.495 e. The highest BCUT2D eigenvalue weighted by atomic mass is 32.2. The van der Waals surface area contributed by atoms with Crippen LogP contribution in [0, 0.1) is 0 Å². The first-order chi connectivity index (χ1) is 14.8. The third-order valence-corrected chi connectivity index (χ3v) is 5.31. The number of aromatic nitrogens is 3. The van der Waals surface area contributed by atoms with E-state index in [-0.39, 0.29) is 11.7 Å². The lowest BCUT2D eigenvalue weighted by atomic mass is 10.2. The lowest BCUT2D eigenvalue weighted by Crippen LogP contribution is -2.14. The number of hydrogen-bond acceptors (Lipinski definition) is 5. The van der Waals surface area contributed by atoms with Crippen LogP contribution in [0.4, 0.5) is 5.69 Å². The second kappa shape index (κ2) is 9.28. The van der Waals surface area contributed by atoms with E-state index in [9.17, 15) is 4.79 Å². The lowest BCUT2D eigenvalue weighted by molar-refractivity contribution is -0.113. The number of carbonyl (C=O) groups excluding carboxylic acids is 1. The molecule has 4 aromatic rings. The fourth-order valence-electron chi connectivity index (χ4n) is 3.02. The Labute approximate surface area is 178 Å². The summed E-state index contributed by atoms with van der Waals surface area (Å²) in [6.45, 7) is 0. The molecule has 0 aliphatic rings. The molecule has 0 bridgehead atoms. The molecule has 1 heterocycles. The lowest BCUT2D eigenvalue weighted by Gasteiger charge is -2.13. The molecule has 0 spiro atoms. The molecule has 4 rings (SSSR count). The van der Waals surface area contributed by atoms with E-state index in [0.29, 0.717) is 16.7 Å². The van der Waals surface area contributed by atoms with Gasteiger partial charge < -0.3 is 10.1 Å². The molecule has 0 aliphatic heterocycles. The van der Waals surface area contributed by atoms with Gasteiger partial charge in [0.1, 0.15) is 5.75 Å². The molecule has 0 unspecified atom stereocenters. The van der Waals surface area contributed by atoms with Gasteiger partial charge in [-0.15, -0.1) is 10.2 Å². The van der Waals surface area contributed by atoms with E-state index in [2.05, 4.69) is 15.5 Å². The summed E-state index contributed by atoms with van der Waals surface area (Å²) in [6, 6.07) is 26.9. The number of benzene rings is 3. The van der Waals surface area contributed by atoms with Crippen molar-refractivity contribution in [2.24, 2.45) is 0 Å². The van der Waals surface area contributed by atoms with Gasteiger partial charge in [0.2, 0.25) is 5.91 Å². The minimum atomic E-state index is -0.109. The SMILES string of the molecule is COc1ccccc1-n1c(SCC(=O)Nc2ccccc2)nnc1-c1ccccc1. The van der Waals surface area contributed by atoms with Crippen LogP contribution < -0.4 is 10.1 Å². The standard InChI is InChI=1S/C23H20N4O2S/c1-29-20-15-9-8-14-19(20)27-22(17-10-4-2-5-11-17)25-26-23(27)30-16-21(28)24-18-12-6-3-7-13-18/h2-15H,16H2,1H3,(H,24,28). The number of nitrogens with one attached hydrogen (secondary N) is 1. The Morgan fingerprint density at radius 3 is 2.33 bits per heavy atom. The second-order valence-corrected chi connectivity index (χ2v) is 7.32. The first-order valence-electron chi connectivity index (χ1n) is 9.38. The van der Waals surface area contributed by atoms with Gasteiger partial charge in [0.15, 0.2) is 11.0 Å². The summed E-state index contributed by atoms with van der Waals surface area (Å²) in [5, 5.41) is 12.3. The van der Waals surface area contributed by atoms with Crippen LogP contribution in [0.25, 0.3) is 17.1 Å². The third kappa shape index (κ3) is 4.36. The average Bonchev–Trinajstić information content (AvgIpc) is 3.22. The van der Waals surface area contributed by atoms with Crippen LogP contribution in [0.15, 0.2) is 90.1 Å². The highest BCUT2D eigenvalue weighted by Gasteiger charge is 2.19. The van der Waals surface area contributed by atoms with Gasteiger partial charge in [0.05, 0.1) is 18.6 Å². The van der Waals surface area contributed by atoms with Crippen LogP contribution in [-0.2, 0) is 4.79 Å². The number of thioether (sulfide) groups is 1. The Morgan fingerprint density at radius 2 is 1.60 bits per heavy atom. The Bertz CT molecular complexity index is 1130. The van der Waals surface area contributed by atoms with Crippen LogP contribution in [0.3, 0.4) is 0 Å². The van der Waals surface area contributed by atoms with E-state index in [1.807, 2.05) is 89.5 Å². The second-order valence-electron chi connectivity index (χ2n) is 6.38. The number of anilines is 1. The first-order valence-corrected chi connectivity index (χ1v) is 10.4. The number of methoxy groups -OCH3 is 1. The normalized spacial score (nSPS) is 10.6. The molecule has 6 nitrogen and oxygen atoms in total. The van der Waals surface area contributed by atoms with Crippen molar-refractivity contribution in [2.45, 2.75) is 5.16 Å². The van der Waals surface area contributed by atoms with Crippen molar-refractivity contribution in [3.63, 3.8) is 0 Å². The topological polar surface area (TPSA) is 69.0 Å². The van der Waals surface area contributed by atoms with Gasteiger partial charge in [-0.2, -0.15) is 0 Å². The molecule has 150 valence electrons. The first kappa shape index (κ1) is 19.7. The van der Waals surface area contributed by atoms with Crippen molar-refractivity contribution < 1.29 is 9.53 Å². The van der Waals surface area contributed by atoms with Crippen LogP contribution in [0.5, 0.6) is 5.75 Å². The van der Waals surface area contributed by atoms with E-state index in [1.165, 1.54) is 11.8 Å². The quantitative estimate of drug-likeness (QED) is 0.443. The van der Waals surface area contributed by atoms with Crippen molar-refractivity contribution in [3.8, 4) is 22.8 Å². The number of hydrogen-bond donors (Lipinski definition) is 1. The molecule has 0 fully saturated rings. The predicted octanol–water partition coefficient (Wildman–Crippen LogP) is 4.67. The number of amides is 1. The number of carbonyl (C=O) groups is 1. The Morgan fingerprint density at radius 1 is 0.933 bits per heavy atom. The highest BCUT2D eigenvalue weighted by molar-refractivity contribution is 7.99. The van der Waals surface area contributed by atoms with Gasteiger partial charge in [-0.05, 0) is 24.3 Å². The van der Waals surface area contributed by atoms with Crippen molar-refractivity contribution in [2.75, 3.05) is 18.2 Å². The van der Waals surface area contributed by atoms with Crippen molar-refractivity contribution in [3.05, 3.63) is 84.9 Å². The van der Waals surface area contributed by atoms with Gasteiger partial charge >= 0.3 is 0 Å². The van der Waals surface area contributed by atoms with Crippen LogP contribution >= 0.6 is 11.8 Å². The molecular formula is C23H20N4O2S. The largest absolute Gasteiger partial charge is 0.495 e. The molecule has 0 saturated heterocycles. The molecule has 3 aromatic carbocycles. The Kier molecular flexibility index (Phi) is 6.10. The average molecular weight is 417 g/mol. The molecule has 30 heavy (non-hydrogen) atoms. The van der Waals surface area contributed by atoms with E-state index >= 15 is 0 Å². The summed E-state index contributed by atoms with van der Waals surface area (Å²) >= 11 is 1.33. The summed E-state index contributed by atoms with van der Waals surface area (Å²) in [7, 11) is 1.63. The maximum absolute atomic E-state index is 12.4. The maximum Gasteiger partial charge on any atom is 0.234 e. The zero-order valence-electron chi connectivity index (χ0n) is 16.4. The minimum absolute atomic E-state index is 0.109. The highest BCUT2D eigenvalue weighted by Crippen LogP contribution is 2.32. The maximum atomic E-state index is 12.4. The zero-order chi connectivity index (χ0) is 20.8. The summed E-state index contributed by atoms with van der Waals surface area (Å²) in [5.41, 5.74) is 2.51. The predicted molar refractivity (Wildman–Crippen MR) is 119 cm³/mol. The summed E-state index contributed by atoms with van der Waals surface area (Å²) in [5.74, 6) is 1.48. The van der Waals surface area contributed by atoms with E-state index in [4.69, 9.17) is 4.74 Å². The summed E-state index contributed by atoms with van der Waals surface area (Å²) in [4.78, 5) is 12.4. The van der Waals surface area contributed by atoms with Gasteiger partial charge in [-0.1, -0.05) is 72.4 Å². The molecule has 1 amide bonds. The summed E-state index contributed by atoms with van der Waals surface area (Å²) in [6.07, 6.45) is 0. The van der Waals surface area contributed by atoms with Crippen LogP contribution in [-0.4, -0.2) is 33.5 Å². The van der Waals surface area contributed by atoms with Gasteiger partial charge in [0.25, 0.3) is 0 Å². The molecule has 0 atom stereocenters. The van der Waals surface area contributed by atoms with Gasteiger partial charge in [0, 0.05) is 11.3 Å². The fourth-order valence-corrected chi connectivity index (χ4v) is 3.76. The molecule has 0 aliphatic carbocycles. The van der Waals surface area contributed by atoms with Gasteiger partial charge in [-0.3, -0.25) is 9.36 Å². The van der Waals surface area contributed by atoms with Crippen molar-refractivity contribution >= 4 is 23.4 Å². The molecule has 0 radical (unpaired) electrons. The van der Waals surface area contributed by atoms with Crippen LogP contribution in [0.1, 0.15) is 0 Å².